The highest BCUT2D eigenvalue weighted by atomic mass is 19.4. The van der Waals surface area contributed by atoms with Crippen molar-refractivity contribution < 1.29 is 31.4 Å². The highest BCUT2D eigenvalue weighted by Gasteiger charge is 2.37. The third kappa shape index (κ3) is 6.30. The Balaban J connectivity index is 1.45. The number of nitrogens with zero attached hydrogens (tertiary/aromatic N) is 5. The van der Waals surface area contributed by atoms with Crippen molar-refractivity contribution in [2.45, 2.75) is 44.7 Å². The summed E-state index contributed by atoms with van der Waals surface area (Å²) in [4.78, 5) is 17.1. The average molecular weight is 567 g/mol. The van der Waals surface area contributed by atoms with Crippen molar-refractivity contribution in [1.29, 1.82) is 0 Å². The molecule has 2 N–H and O–H groups in total. The van der Waals surface area contributed by atoms with Gasteiger partial charge < -0.3 is 15.3 Å². The van der Waals surface area contributed by atoms with Crippen LogP contribution in [0.4, 0.5) is 43.7 Å². The molecule has 0 radical (unpaired) electrons. The van der Waals surface area contributed by atoms with E-state index in [-0.39, 0.29) is 31.4 Å². The van der Waals surface area contributed by atoms with Crippen LogP contribution >= 0.6 is 0 Å². The fraction of sp³-hybridized carbons (Fsp3) is 0.444. The Labute approximate surface area is 226 Å². The van der Waals surface area contributed by atoms with E-state index in [1.165, 1.54) is 29.3 Å². The van der Waals surface area contributed by atoms with E-state index in [2.05, 4.69) is 15.2 Å². The first-order valence-electron chi connectivity index (χ1n) is 12.9. The number of nitrogens with one attached hydrogen (secondary N) is 1. The standard InChI is InChI=1S/C27H28F6N6O/c28-26(29,30)18-3-5-19(6-4-18)35-24-20-9-13-39(25-21(27(31,32)33)2-1-10-34-25)14-22(20)36-23(37-24)15-38-11-7-17(16-40)8-12-38/h1-6,10,17,40H,7-9,11-16H2,(H,35,36,37). The van der Waals surface area contributed by atoms with E-state index in [9.17, 15) is 31.4 Å². The van der Waals surface area contributed by atoms with Gasteiger partial charge in [0, 0.05) is 30.6 Å². The van der Waals surface area contributed by atoms with Gasteiger partial charge in [-0.05, 0) is 74.7 Å². The highest BCUT2D eigenvalue weighted by Crippen LogP contribution is 2.38. The molecule has 4 heterocycles. The Morgan fingerprint density at radius 3 is 2.30 bits per heavy atom. The number of piperidine rings is 1. The summed E-state index contributed by atoms with van der Waals surface area (Å²) >= 11 is 0. The fourth-order valence-electron chi connectivity index (χ4n) is 5.11. The number of likely N-dealkylation sites (tertiary alicyclic amines) is 1. The van der Waals surface area contributed by atoms with Gasteiger partial charge in [0.25, 0.3) is 0 Å². The van der Waals surface area contributed by atoms with Crippen LogP contribution in [-0.2, 0) is 31.9 Å². The number of aromatic nitrogens is 3. The number of pyridine rings is 1. The van der Waals surface area contributed by atoms with Gasteiger partial charge in [-0.1, -0.05) is 0 Å². The molecule has 40 heavy (non-hydrogen) atoms. The van der Waals surface area contributed by atoms with Crippen molar-refractivity contribution in [3.63, 3.8) is 0 Å². The molecule has 3 aromatic rings. The van der Waals surface area contributed by atoms with Gasteiger partial charge in [0.2, 0.25) is 0 Å². The first-order chi connectivity index (χ1) is 19.0. The van der Waals surface area contributed by atoms with Crippen molar-refractivity contribution in [1.82, 2.24) is 19.9 Å². The predicted octanol–water partition coefficient (Wildman–Crippen LogP) is 5.42. The van der Waals surface area contributed by atoms with Crippen LogP contribution in [0.15, 0.2) is 42.6 Å². The summed E-state index contributed by atoms with van der Waals surface area (Å²) in [6, 6.07) is 6.82. The quantitative estimate of drug-likeness (QED) is 0.386. The molecule has 214 valence electrons. The molecular weight excluding hydrogens is 538 g/mol. The number of hydrogen-bond acceptors (Lipinski definition) is 7. The largest absolute Gasteiger partial charge is 0.419 e. The summed E-state index contributed by atoms with van der Waals surface area (Å²) in [5, 5.41) is 12.5. The molecule has 0 bridgehead atoms. The van der Waals surface area contributed by atoms with Crippen molar-refractivity contribution in [2.24, 2.45) is 5.92 Å². The summed E-state index contributed by atoms with van der Waals surface area (Å²) in [5.74, 6) is 0.938. The van der Waals surface area contributed by atoms with Crippen LogP contribution in [0, 0.1) is 5.92 Å². The molecule has 0 atom stereocenters. The lowest BCUT2D eigenvalue weighted by molar-refractivity contribution is -0.138. The number of halogens is 6. The van der Waals surface area contributed by atoms with Gasteiger partial charge in [-0.3, -0.25) is 4.90 Å². The van der Waals surface area contributed by atoms with Gasteiger partial charge in [0.15, 0.2) is 0 Å². The van der Waals surface area contributed by atoms with E-state index in [0.29, 0.717) is 41.6 Å². The van der Waals surface area contributed by atoms with Crippen molar-refractivity contribution >= 4 is 17.3 Å². The van der Waals surface area contributed by atoms with Crippen LogP contribution < -0.4 is 10.2 Å². The number of alkyl halides is 6. The number of benzene rings is 1. The van der Waals surface area contributed by atoms with Crippen LogP contribution in [0.5, 0.6) is 0 Å². The summed E-state index contributed by atoms with van der Waals surface area (Å²) in [6.45, 7) is 2.30. The van der Waals surface area contributed by atoms with E-state index >= 15 is 0 Å². The predicted molar refractivity (Wildman–Crippen MR) is 136 cm³/mol. The minimum Gasteiger partial charge on any atom is -0.396 e. The van der Waals surface area contributed by atoms with Gasteiger partial charge in [-0.15, -0.1) is 0 Å². The van der Waals surface area contributed by atoms with Gasteiger partial charge in [0.1, 0.15) is 17.5 Å². The van der Waals surface area contributed by atoms with E-state index in [0.717, 1.165) is 44.1 Å². The first-order valence-corrected chi connectivity index (χ1v) is 12.9. The average Bonchev–Trinajstić information content (AvgIpc) is 2.92. The lowest BCUT2D eigenvalue weighted by Crippen LogP contribution is -2.36. The van der Waals surface area contributed by atoms with Crippen molar-refractivity contribution in [3.8, 4) is 0 Å². The summed E-state index contributed by atoms with van der Waals surface area (Å²) in [5.41, 5.74) is 0.0250. The number of anilines is 3. The molecule has 1 saturated heterocycles. The topological polar surface area (TPSA) is 77.4 Å². The minimum absolute atomic E-state index is 0.0687. The smallest absolute Gasteiger partial charge is 0.396 e. The summed E-state index contributed by atoms with van der Waals surface area (Å²) in [6.07, 6.45) is -5.75. The van der Waals surface area contributed by atoms with E-state index in [4.69, 9.17) is 9.97 Å². The van der Waals surface area contributed by atoms with Gasteiger partial charge in [-0.2, -0.15) is 26.3 Å². The molecular formula is C27H28F6N6O. The van der Waals surface area contributed by atoms with E-state index in [1.807, 2.05) is 0 Å². The van der Waals surface area contributed by atoms with Gasteiger partial charge in [0.05, 0.1) is 29.9 Å². The normalized spacial score (nSPS) is 17.1. The second kappa shape index (κ2) is 11.2. The van der Waals surface area contributed by atoms with Gasteiger partial charge in [-0.25, -0.2) is 15.0 Å². The lowest BCUT2D eigenvalue weighted by Gasteiger charge is -2.33. The molecule has 2 aliphatic heterocycles. The molecule has 2 aromatic heterocycles. The summed E-state index contributed by atoms with van der Waals surface area (Å²) in [7, 11) is 0. The number of aliphatic hydroxyl groups excluding tert-OH is 1. The zero-order chi connectivity index (χ0) is 28.5. The maximum absolute atomic E-state index is 13.7. The molecule has 0 saturated carbocycles. The molecule has 2 aliphatic rings. The zero-order valence-electron chi connectivity index (χ0n) is 21.4. The Hall–Kier alpha value is -3.45. The summed E-state index contributed by atoms with van der Waals surface area (Å²) < 4.78 is 80.2. The van der Waals surface area contributed by atoms with Crippen LogP contribution in [-0.4, -0.2) is 51.2 Å². The number of rotatable bonds is 6. The first kappa shape index (κ1) is 28.1. The lowest BCUT2D eigenvalue weighted by atomic mass is 9.98. The molecule has 0 aliphatic carbocycles. The number of aliphatic hydroxyl groups is 1. The molecule has 13 heteroatoms. The minimum atomic E-state index is -4.57. The van der Waals surface area contributed by atoms with Crippen LogP contribution in [0.2, 0.25) is 0 Å². The van der Waals surface area contributed by atoms with Crippen LogP contribution in [0.25, 0.3) is 0 Å². The third-order valence-corrected chi connectivity index (χ3v) is 7.31. The van der Waals surface area contributed by atoms with Gasteiger partial charge >= 0.3 is 12.4 Å². The monoisotopic (exact) mass is 566 g/mol. The maximum Gasteiger partial charge on any atom is 0.419 e. The molecule has 0 spiro atoms. The molecule has 7 nitrogen and oxygen atoms in total. The molecule has 1 fully saturated rings. The molecule has 1 aromatic carbocycles. The Morgan fingerprint density at radius 2 is 1.65 bits per heavy atom. The number of hydrogen-bond donors (Lipinski definition) is 2. The molecule has 0 unspecified atom stereocenters. The van der Waals surface area contributed by atoms with Crippen LogP contribution in [0.1, 0.15) is 41.1 Å². The second-order valence-electron chi connectivity index (χ2n) is 10.1. The van der Waals surface area contributed by atoms with Crippen molar-refractivity contribution in [3.05, 3.63) is 70.8 Å². The second-order valence-corrected chi connectivity index (χ2v) is 10.1. The fourth-order valence-corrected chi connectivity index (χ4v) is 5.11. The third-order valence-electron chi connectivity index (χ3n) is 7.31. The maximum atomic E-state index is 13.7. The Bertz CT molecular complexity index is 1320. The Kier molecular flexibility index (Phi) is 7.87. The van der Waals surface area contributed by atoms with Crippen LogP contribution in [0.3, 0.4) is 0 Å². The highest BCUT2D eigenvalue weighted by molar-refractivity contribution is 5.62. The molecule has 5 rings (SSSR count). The van der Waals surface area contributed by atoms with E-state index in [1.54, 1.807) is 0 Å². The SMILES string of the molecule is OCC1CCN(Cc2nc3c(c(Nc4ccc(C(F)(F)F)cc4)n2)CCN(c2ncccc2C(F)(F)F)C3)CC1. The van der Waals surface area contributed by atoms with Crippen molar-refractivity contribution in [2.75, 3.05) is 36.5 Å². The zero-order valence-corrected chi connectivity index (χ0v) is 21.4. The van der Waals surface area contributed by atoms with E-state index < -0.39 is 23.5 Å². The molecule has 0 amide bonds. The number of fused-ring (bicyclic) bond motifs is 1. The Morgan fingerprint density at radius 1 is 0.925 bits per heavy atom.